The molecule has 0 saturated heterocycles. The number of hydrogen-bond donors (Lipinski definition) is 0. The summed E-state index contributed by atoms with van der Waals surface area (Å²) in [7, 11) is 0. The standard InChI is InChI=1S/C13H25N3/c1-3-5-6-7-8-9-10-11-12-13(4-2)15-16-14/h9-10,13H,3-8,11-12H2,1-2H3/b10-9+. The second kappa shape index (κ2) is 12.1. The van der Waals surface area contributed by atoms with Crippen LogP contribution in [-0.2, 0) is 0 Å². The largest absolute Gasteiger partial charge is 0.0906 e. The van der Waals surface area contributed by atoms with Crippen LogP contribution in [0, 0.1) is 0 Å². The van der Waals surface area contributed by atoms with Crippen molar-refractivity contribution in [2.75, 3.05) is 0 Å². The molecule has 0 aromatic carbocycles. The van der Waals surface area contributed by atoms with Crippen LogP contribution in [0.5, 0.6) is 0 Å². The van der Waals surface area contributed by atoms with Gasteiger partial charge in [0.1, 0.15) is 0 Å². The molecule has 0 aliphatic rings. The summed E-state index contributed by atoms with van der Waals surface area (Å²) >= 11 is 0. The van der Waals surface area contributed by atoms with Crippen molar-refractivity contribution < 1.29 is 0 Å². The Morgan fingerprint density at radius 3 is 2.50 bits per heavy atom. The summed E-state index contributed by atoms with van der Waals surface area (Å²) in [5, 5.41) is 3.75. The molecule has 0 aromatic heterocycles. The summed E-state index contributed by atoms with van der Waals surface area (Å²) in [4.78, 5) is 2.86. The number of hydrogen-bond acceptors (Lipinski definition) is 1. The Hall–Kier alpha value is -0.950. The van der Waals surface area contributed by atoms with Crippen molar-refractivity contribution in [2.24, 2.45) is 5.11 Å². The molecule has 3 heteroatoms. The minimum Gasteiger partial charge on any atom is -0.0906 e. The molecule has 0 saturated carbocycles. The van der Waals surface area contributed by atoms with Crippen molar-refractivity contribution in [1.82, 2.24) is 0 Å². The molecule has 0 aliphatic carbocycles. The Kier molecular flexibility index (Phi) is 11.4. The van der Waals surface area contributed by atoms with Crippen molar-refractivity contribution in [2.45, 2.75) is 71.3 Å². The van der Waals surface area contributed by atoms with Crippen LogP contribution in [0.4, 0.5) is 0 Å². The number of rotatable bonds is 10. The molecule has 0 radical (unpaired) electrons. The van der Waals surface area contributed by atoms with Crippen LogP contribution in [0.15, 0.2) is 17.3 Å². The maximum atomic E-state index is 8.33. The van der Waals surface area contributed by atoms with Gasteiger partial charge in [-0.15, -0.1) is 0 Å². The quantitative estimate of drug-likeness (QED) is 0.157. The first-order valence-electron chi connectivity index (χ1n) is 6.54. The summed E-state index contributed by atoms with van der Waals surface area (Å²) in [6, 6.07) is 0.176. The van der Waals surface area contributed by atoms with Crippen molar-refractivity contribution >= 4 is 0 Å². The predicted molar refractivity (Wildman–Crippen MR) is 70.4 cm³/mol. The Morgan fingerprint density at radius 2 is 1.88 bits per heavy atom. The average molecular weight is 223 g/mol. The van der Waals surface area contributed by atoms with E-state index in [2.05, 4.69) is 36.0 Å². The number of nitrogens with zero attached hydrogens (tertiary/aromatic N) is 3. The molecule has 1 atom stereocenters. The highest BCUT2D eigenvalue weighted by Gasteiger charge is 2.00. The lowest BCUT2D eigenvalue weighted by Crippen LogP contribution is -1.99. The van der Waals surface area contributed by atoms with E-state index in [4.69, 9.17) is 5.53 Å². The Bertz CT molecular complexity index is 217. The lowest BCUT2D eigenvalue weighted by molar-refractivity contribution is 0.598. The fraction of sp³-hybridized carbons (Fsp3) is 0.846. The van der Waals surface area contributed by atoms with Crippen molar-refractivity contribution in [3.63, 3.8) is 0 Å². The second-order valence-corrected chi connectivity index (χ2v) is 4.17. The topological polar surface area (TPSA) is 48.8 Å². The van der Waals surface area contributed by atoms with E-state index in [1.165, 1.54) is 32.1 Å². The van der Waals surface area contributed by atoms with E-state index >= 15 is 0 Å². The highest BCUT2D eigenvalue weighted by atomic mass is 15.1. The Morgan fingerprint density at radius 1 is 1.12 bits per heavy atom. The van der Waals surface area contributed by atoms with Gasteiger partial charge in [0.2, 0.25) is 0 Å². The third-order valence-electron chi connectivity index (χ3n) is 2.74. The molecule has 16 heavy (non-hydrogen) atoms. The van der Waals surface area contributed by atoms with Gasteiger partial charge in [-0.05, 0) is 37.6 Å². The van der Waals surface area contributed by atoms with Crippen LogP contribution in [-0.4, -0.2) is 6.04 Å². The molecular formula is C13H25N3. The normalized spacial score (nSPS) is 12.6. The Balaban J connectivity index is 3.41. The van der Waals surface area contributed by atoms with E-state index in [1.807, 2.05) is 0 Å². The molecule has 92 valence electrons. The third kappa shape index (κ3) is 9.60. The first-order valence-corrected chi connectivity index (χ1v) is 6.54. The lowest BCUT2D eigenvalue weighted by atomic mass is 10.1. The van der Waals surface area contributed by atoms with E-state index in [0.717, 1.165) is 19.3 Å². The molecule has 1 unspecified atom stereocenters. The molecule has 0 N–H and O–H groups in total. The fourth-order valence-electron chi connectivity index (χ4n) is 1.63. The summed E-state index contributed by atoms with van der Waals surface area (Å²) in [5.41, 5.74) is 8.33. The van der Waals surface area contributed by atoms with Gasteiger partial charge in [-0.3, -0.25) is 0 Å². The molecule has 0 amide bonds. The van der Waals surface area contributed by atoms with E-state index in [-0.39, 0.29) is 6.04 Å². The predicted octanol–water partition coefficient (Wildman–Crippen LogP) is 5.38. The number of azide groups is 1. The van der Waals surface area contributed by atoms with E-state index < -0.39 is 0 Å². The molecule has 0 fully saturated rings. The molecule has 0 spiro atoms. The minimum atomic E-state index is 0.176. The van der Waals surface area contributed by atoms with Gasteiger partial charge in [-0.1, -0.05) is 50.4 Å². The lowest BCUT2D eigenvalue weighted by Gasteiger charge is -2.04. The van der Waals surface area contributed by atoms with Crippen LogP contribution in [0.25, 0.3) is 10.4 Å². The second-order valence-electron chi connectivity index (χ2n) is 4.17. The van der Waals surface area contributed by atoms with E-state index in [9.17, 15) is 0 Å². The molecule has 0 aliphatic heterocycles. The van der Waals surface area contributed by atoms with Gasteiger partial charge in [-0.25, -0.2) is 0 Å². The molecule has 3 nitrogen and oxygen atoms in total. The first-order chi connectivity index (χ1) is 7.85. The van der Waals surface area contributed by atoms with Gasteiger partial charge < -0.3 is 0 Å². The highest BCUT2D eigenvalue weighted by Crippen LogP contribution is 2.08. The van der Waals surface area contributed by atoms with Gasteiger partial charge in [0.25, 0.3) is 0 Å². The average Bonchev–Trinajstić information content (AvgIpc) is 2.31. The van der Waals surface area contributed by atoms with Crippen molar-refractivity contribution in [3.05, 3.63) is 22.6 Å². The molecule has 0 bridgehead atoms. The molecule has 0 aromatic rings. The first kappa shape index (κ1) is 15.0. The van der Waals surface area contributed by atoms with Gasteiger partial charge in [0.05, 0.1) is 0 Å². The van der Waals surface area contributed by atoms with Crippen LogP contribution in [0.2, 0.25) is 0 Å². The summed E-state index contributed by atoms with van der Waals surface area (Å²) < 4.78 is 0. The molecule has 0 heterocycles. The minimum absolute atomic E-state index is 0.176. The van der Waals surface area contributed by atoms with Crippen molar-refractivity contribution in [3.8, 4) is 0 Å². The van der Waals surface area contributed by atoms with Crippen LogP contribution >= 0.6 is 0 Å². The van der Waals surface area contributed by atoms with Crippen molar-refractivity contribution in [1.29, 1.82) is 0 Å². The van der Waals surface area contributed by atoms with Gasteiger partial charge in [0.15, 0.2) is 0 Å². The maximum Gasteiger partial charge on any atom is 0.0374 e. The fourth-order valence-corrected chi connectivity index (χ4v) is 1.63. The van der Waals surface area contributed by atoms with E-state index in [1.54, 1.807) is 0 Å². The van der Waals surface area contributed by atoms with Gasteiger partial charge in [0, 0.05) is 11.0 Å². The zero-order valence-corrected chi connectivity index (χ0v) is 10.7. The Labute approximate surface area is 99.6 Å². The SMILES string of the molecule is CCCCCC/C=C/CCC(CC)N=[N+]=[N-]. The van der Waals surface area contributed by atoms with Gasteiger partial charge in [-0.2, -0.15) is 0 Å². The molecular weight excluding hydrogens is 198 g/mol. The summed E-state index contributed by atoms with van der Waals surface area (Å²) in [5.74, 6) is 0. The van der Waals surface area contributed by atoms with E-state index in [0.29, 0.717) is 0 Å². The van der Waals surface area contributed by atoms with Gasteiger partial charge >= 0.3 is 0 Å². The van der Waals surface area contributed by atoms with Crippen LogP contribution < -0.4 is 0 Å². The maximum absolute atomic E-state index is 8.33. The van der Waals surface area contributed by atoms with Crippen LogP contribution in [0.1, 0.15) is 65.2 Å². The van der Waals surface area contributed by atoms with Crippen LogP contribution in [0.3, 0.4) is 0 Å². The monoisotopic (exact) mass is 223 g/mol. The smallest absolute Gasteiger partial charge is 0.0374 e. The third-order valence-corrected chi connectivity index (χ3v) is 2.74. The molecule has 0 rings (SSSR count). The summed E-state index contributed by atoms with van der Waals surface area (Å²) in [6.07, 6.45) is 13.9. The zero-order valence-electron chi connectivity index (χ0n) is 10.7. The summed E-state index contributed by atoms with van der Waals surface area (Å²) in [6.45, 7) is 4.30. The zero-order chi connectivity index (χ0) is 12.1. The highest BCUT2D eigenvalue weighted by molar-refractivity contribution is 4.83. The number of allylic oxidation sites excluding steroid dienone is 2. The number of unbranched alkanes of at least 4 members (excludes halogenated alkanes) is 4.